The summed E-state index contributed by atoms with van der Waals surface area (Å²) in [7, 11) is 0. The lowest BCUT2D eigenvalue weighted by atomic mass is 10.5. The molecule has 0 saturated heterocycles. The zero-order valence-electron chi connectivity index (χ0n) is 6.70. The summed E-state index contributed by atoms with van der Waals surface area (Å²) in [6.07, 6.45) is 4.96. The molecule has 6 nitrogen and oxygen atoms in total. The molecule has 0 amide bonds. The van der Waals surface area contributed by atoms with Gasteiger partial charge in [-0.15, -0.1) is 0 Å². The van der Waals surface area contributed by atoms with Gasteiger partial charge in [-0.05, 0) is 4.92 Å². The largest absolute Gasteiger partial charge is 0.490 e. The highest BCUT2D eigenvalue weighted by Crippen LogP contribution is 1.99. The summed E-state index contributed by atoms with van der Waals surface area (Å²) in [4.78, 5) is 13.0. The van der Waals surface area contributed by atoms with Gasteiger partial charge in [0, 0.05) is 10.9 Å². The summed E-state index contributed by atoms with van der Waals surface area (Å²) in [5.41, 5.74) is 0. The molecule has 0 aliphatic rings. The summed E-state index contributed by atoms with van der Waals surface area (Å²) < 4.78 is 1.39. The molecule has 1 rings (SSSR count). The van der Waals surface area contributed by atoms with Gasteiger partial charge in [-0.3, -0.25) is 0 Å². The van der Waals surface area contributed by atoms with E-state index in [4.69, 9.17) is 0 Å². The SMILES string of the molecule is O=[N+]([O-])c1ncn(CC=CCS)n1. The van der Waals surface area contributed by atoms with Crippen LogP contribution in [0.2, 0.25) is 0 Å². The molecule has 0 unspecified atom stereocenters. The van der Waals surface area contributed by atoms with Crippen LogP contribution in [0.15, 0.2) is 18.5 Å². The van der Waals surface area contributed by atoms with Gasteiger partial charge >= 0.3 is 5.95 Å². The Bertz CT molecular complexity index is 322. The second-order valence-corrected chi connectivity index (χ2v) is 2.54. The molecule has 0 aliphatic heterocycles. The van der Waals surface area contributed by atoms with Crippen molar-refractivity contribution in [3.8, 4) is 0 Å². The second-order valence-electron chi connectivity index (χ2n) is 2.18. The third-order valence-corrected chi connectivity index (χ3v) is 1.46. The van der Waals surface area contributed by atoms with Crippen molar-refractivity contribution in [1.82, 2.24) is 14.8 Å². The van der Waals surface area contributed by atoms with Crippen molar-refractivity contribution < 1.29 is 4.92 Å². The van der Waals surface area contributed by atoms with Crippen molar-refractivity contribution in [2.75, 3.05) is 5.75 Å². The first-order chi connectivity index (χ1) is 6.24. The maximum Gasteiger partial charge on any atom is 0.490 e. The van der Waals surface area contributed by atoms with Crippen molar-refractivity contribution in [2.24, 2.45) is 0 Å². The monoisotopic (exact) mass is 200 g/mol. The van der Waals surface area contributed by atoms with E-state index in [-0.39, 0.29) is 5.95 Å². The number of aromatic nitrogens is 3. The minimum Gasteiger partial charge on any atom is -0.390 e. The Hall–Kier alpha value is -1.37. The van der Waals surface area contributed by atoms with Crippen LogP contribution in [0.5, 0.6) is 0 Å². The van der Waals surface area contributed by atoms with Gasteiger partial charge in [-0.2, -0.15) is 17.3 Å². The van der Waals surface area contributed by atoms with E-state index >= 15 is 0 Å². The average Bonchev–Trinajstić information content (AvgIpc) is 2.53. The fraction of sp³-hybridized carbons (Fsp3) is 0.333. The van der Waals surface area contributed by atoms with Crippen LogP contribution < -0.4 is 0 Å². The Balaban J connectivity index is 2.59. The van der Waals surface area contributed by atoms with E-state index in [9.17, 15) is 10.1 Å². The third-order valence-electron chi connectivity index (χ3n) is 1.25. The smallest absolute Gasteiger partial charge is 0.390 e. The Labute approximate surface area is 79.8 Å². The molecule has 0 N–H and O–H groups in total. The van der Waals surface area contributed by atoms with Gasteiger partial charge < -0.3 is 10.1 Å². The van der Waals surface area contributed by atoms with Gasteiger partial charge in [-0.25, -0.2) is 0 Å². The lowest BCUT2D eigenvalue weighted by molar-refractivity contribution is -0.394. The van der Waals surface area contributed by atoms with E-state index in [1.165, 1.54) is 11.0 Å². The number of nitrogens with zero attached hydrogens (tertiary/aromatic N) is 4. The molecule has 13 heavy (non-hydrogen) atoms. The predicted molar refractivity (Wildman–Crippen MR) is 49.7 cm³/mol. The van der Waals surface area contributed by atoms with Gasteiger partial charge in [0.1, 0.15) is 0 Å². The summed E-state index contributed by atoms with van der Waals surface area (Å²) >= 11 is 3.96. The van der Waals surface area contributed by atoms with E-state index in [0.29, 0.717) is 12.3 Å². The number of allylic oxidation sites excluding steroid dienone is 1. The van der Waals surface area contributed by atoms with Crippen molar-refractivity contribution in [2.45, 2.75) is 6.54 Å². The number of hydrogen-bond donors (Lipinski definition) is 1. The zero-order chi connectivity index (χ0) is 9.68. The number of hydrogen-bond acceptors (Lipinski definition) is 5. The normalized spacial score (nSPS) is 10.8. The van der Waals surface area contributed by atoms with Crippen LogP contribution in [-0.2, 0) is 6.54 Å². The fourth-order valence-corrected chi connectivity index (χ4v) is 0.863. The zero-order valence-corrected chi connectivity index (χ0v) is 7.59. The Morgan fingerprint density at radius 2 is 2.46 bits per heavy atom. The topological polar surface area (TPSA) is 73.8 Å². The molecule has 0 atom stereocenters. The first kappa shape index (κ1) is 9.72. The molecule has 0 aliphatic carbocycles. The van der Waals surface area contributed by atoms with E-state index in [2.05, 4.69) is 22.7 Å². The molecule has 0 spiro atoms. The van der Waals surface area contributed by atoms with Crippen molar-refractivity contribution >= 4 is 18.6 Å². The lowest BCUT2D eigenvalue weighted by Crippen LogP contribution is -1.97. The molecule has 0 saturated carbocycles. The van der Waals surface area contributed by atoms with Crippen molar-refractivity contribution in [1.29, 1.82) is 0 Å². The fourth-order valence-electron chi connectivity index (χ4n) is 0.713. The Morgan fingerprint density at radius 1 is 1.69 bits per heavy atom. The summed E-state index contributed by atoms with van der Waals surface area (Å²) in [5, 5.41) is 13.8. The molecular weight excluding hydrogens is 192 g/mol. The maximum atomic E-state index is 10.2. The third kappa shape index (κ3) is 2.86. The molecule has 1 aromatic rings. The highest BCUT2D eigenvalue weighted by atomic mass is 32.1. The molecule has 0 fully saturated rings. The quantitative estimate of drug-likeness (QED) is 0.335. The lowest BCUT2D eigenvalue weighted by Gasteiger charge is -1.86. The minimum absolute atomic E-state index is 0.376. The van der Waals surface area contributed by atoms with Gasteiger partial charge in [0.05, 0.1) is 6.54 Å². The molecule has 0 radical (unpaired) electrons. The second kappa shape index (κ2) is 4.61. The summed E-state index contributed by atoms with van der Waals surface area (Å²) in [6.45, 7) is 0.474. The average molecular weight is 200 g/mol. The van der Waals surface area contributed by atoms with E-state index in [0.717, 1.165) is 0 Å². The predicted octanol–water partition coefficient (Wildman–Crippen LogP) is 0.672. The van der Waals surface area contributed by atoms with E-state index in [1.54, 1.807) is 0 Å². The van der Waals surface area contributed by atoms with Crippen LogP contribution >= 0.6 is 12.6 Å². The maximum absolute atomic E-state index is 10.2. The van der Waals surface area contributed by atoms with Crippen LogP contribution in [0.4, 0.5) is 5.95 Å². The Morgan fingerprint density at radius 3 is 3.00 bits per heavy atom. The molecule has 70 valence electrons. The van der Waals surface area contributed by atoms with E-state index < -0.39 is 4.92 Å². The van der Waals surface area contributed by atoms with Gasteiger partial charge in [-0.1, -0.05) is 17.1 Å². The number of thiol groups is 1. The molecule has 1 heterocycles. The number of nitro groups is 1. The first-order valence-corrected chi connectivity index (χ1v) is 4.17. The van der Waals surface area contributed by atoms with Crippen molar-refractivity contribution in [3.05, 3.63) is 28.6 Å². The van der Waals surface area contributed by atoms with Crippen LogP contribution in [0.1, 0.15) is 0 Å². The van der Waals surface area contributed by atoms with Crippen LogP contribution in [0.25, 0.3) is 0 Å². The van der Waals surface area contributed by atoms with Crippen LogP contribution in [0, 0.1) is 10.1 Å². The molecule has 1 aromatic heterocycles. The summed E-state index contributed by atoms with van der Waals surface area (Å²) in [6, 6.07) is 0. The van der Waals surface area contributed by atoms with Gasteiger partial charge in [0.15, 0.2) is 0 Å². The number of rotatable bonds is 4. The Kier molecular flexibility index (Phi) is 3.44. The molecule has 7 heteroatoms. The first-order valence-electron chi connectivity index (χ1n) is 3.53. The van der Waals surface area contributed by atoms with Crippen LogP contribution in [-0.4, -0.2) is 25.4 Å². The summed E-state index contributed by atoms with van der Waals surface area (Å²) in [5.74, 6) is 0.260. The van der Waals surface area contributed by atoms with Gasteiger partial charge in [0.25, 0.3) is 0 Å². The molecular formula is C6H8N4O2S. The highest BCUT2D eigenvalue weighted by Gasteiger charge is 2.11. The van der Waals surface area contributed by atoms with E-state index in [1.807, 2.05) is 12.2 Å². The standard InChI is InChI=1S/C6H8N4O2S/c11-10(12)6-7-5-9(8-6)3-1-2-4-13/h1-2,5,13H,3-4H2. The molecule has 0 bridgehead atoms. The minimum atomic E-state index is -0.626. The van der Waals surface area contributed by atoms with Crippen molar-refractivity contribution in [3.63, 3.8) is 0 Å². The van der Waals surface area contributed by atoms with Crippen LogP contribution in [0.3, 0.4) is 0 Å². The molecule has 0 aromatic carbocycles. The van der Waals surface area contributed by atoms with Gasteiger partial charge in [0.2, 0.25) is 6.33 Å². The highest BCUT2D eigenvalue weighted by molar-refractivity contribution is 7.80.